The third-order valence-electron chi connectivity index (χ3n) is 4.56. The van der Waals surface area contributed by atoms with Crippen LogP contribution in [0.2, 0.25) is 0 Å². The maximum absolute atomic E-state index is 10.3. The topological polar surface area (TPSA) is 41.9 Å². The number of aliphatic hydroxyl groups is 1. The van der Waals surface area contributed by atoms with Crippen molar-refractivity contribution in [2.45, 2.75) is 89.9 Å². The van der Waals surface area contributed by atoms with Gasteiger partial charge in [0.25, 0.3) is 0 Å². The van der Waals surface area contributed by atoms with Crippen molar-refractivity contribution in [1.82, 2.24) is 4.90 Å². The second kappa shape index (κ2) is 6.73. The molecule has 4 heteroatoms. The molecule has 0 aromatic rings. The third-order valence-corrected chi connectivity index (χ3v) is 4.56. The predicted octanol–water partition coefficient (Wildman–Crippen LogP) is 2.54. The zero-order chi connectivity index (χ0) is 14.8. The monoisotopic (exact) mass is 285 g/mol. The van der Waals surface area contributed by atoms with E-state index in [-0.39, 0.29) is 12.2 Å². The smallest absolute Gasteiger partial charge is 0.163 e. The number of aliphatic hydroxyl groups excluding tert-OH is 1. The van der Waals surface area contributed by atoms with Crippen molar-refractivity contribution in [3.63, 3.8) is 0 Å². The molecule has 0 bridgehead atoms. The van der Waals surface area contributed by atoms with Gasteiger partial charge < -0.3 is 14.6 Å². The normalized spacial score (nSPS) is 37.0. The van der Waals surface area contributed by atoms with E-state index in [9.17, 15) is 5.11 Å². The summed E-state index contributed by atoms with van der Waals surface area (Å²) in [7, 11) is 0. The van der Waals surface area contributed by atoms with Crippen LogP contribution in [0.4, 0.5) is 0 Å². The maximum Gasteiger partial charge on any atom is 0.163 e. The molecule has 0 spiro atoms. The van der Waals surface area contributed by atoms with E-state index < -0.39 is 11.9 Å². The molecule has 4 atom stereocenters. The summed E-state index contributed by atoms with van der Waals surface area (Å²) in [4.78, 5) is 2.36. The lowest BCUT2D eigenvalue weighted by Gasteiger charge is -2.41. The molecule has 0 radical (unpaired) electrons. The van der Waals surface area contributed by atoms with E-state index in [0.717, 1.165) is 6.54 Å². The molecule has 118 valence electrons. The highest BCUT2D eigenvalue weighted by atomic mass is 16.8. The van der Waals surface area contributed by atoms with E-state index in [2.05, 4.69) is 18.7 Å². The SMILES string of the molecule is CCCCCCCN1C[C@H](O)[C@H]2OC(C)(C)O[C@H]2[C@H]1C. The Morgan fingerprint density at radius 3 is 2.45 bits per heavy atom. The van der Waals surface area contributed by atoms with Gasteiger partial charge in [-0.1, -0.05) is 32.6 Å². The van der Waals surface area contributed by atoms with E-state index >= 15 is 0 Å². The number of nitrogens with zero attached hydrogens (tertiary/aromatic N) is 1. The predicted molar refractivity (Wildman–Crippen MR) is 79.6 cm³/mol. The summed E-state index contributed by atoms with van der Waals surface area (Å²) in [5, 5.41) is 10.3. The fraction of sp³-hybridized carbons (Fsp3) is 1.00. The molecule has 4 nitrogen and oxygen atoms in total. The highest BCUT2D eigenvalue weighted by Gasteiger charge is 2.51. The molecule has 0 amide bonds. The molecular weight excluding hydrogens is 254 g/mol. The summed E-state index contributed by atoms with van der Waals surface area (Å²) < 4.78 is 11.8. The first kappa shape index (κ1) is 16.2. The summed E-state index contributed by atoms with van der Waals surface area (Å²) in [5.41, 5.74) is 0. The van der Waals surface area contributed by atoms with Gasteiger partial charge in [0.1, 0.15) is 12.2 Å². The van der Waals surface area contributed by atoms with E-state index in [4.69, 9.17) is 9.47 Å². The summed E-state index contributed by atoms with van der Waals surface area (Å²) in [5.74, 6) is -0.568. The van der Waals surface area contributed by atoms with Crippen LogP contribution >= 0.6 is 0 Å². The third kappa shape index (κ3) is 3.73. The van der Waals surface area contributed by atoms with Gasteiger partial charge in [-0.25, -0.2) is 0 Å². The average molecular weight is 285 g/mol. The molecule has 20 heavy (non-hydrogen) atoms. The molecule has 0 saturated carbocycles. The number of fused-ring (bicyclic) bond motifs is 1. The number of likely N-dealkylation sites (tertiary alicyclic amines) is 1. The van der Waals surface area contributed by atoms with Crippen LogP contribution in [0.15, 0.2) is 0 Å². The average Bonchev–Trinajstić information content (AvgIpc) is 2.71. The molecule has 0 aromatic carbocycles. The Hall–Kier alpha value is -0.160. The molecule has 0 aliphatic carbocycles. The van der Waals surface area contributed by atoms with Crippen molar-refractivity contribution in [3.05, 3.63) is 0 Å². The standard InChI is InChI=1S/C16H31NO3/c1-5-6-7-8-9-10-17-11-13(18)15-14(12(17)2)19-16(3,4)20-15/h12-15,18H,5-11H2,1-4H3/t12-,13+,14+,15-/m1/s1. The summed E-state index contributed by atoms with van der Waals surface area (Å²) >= 11 is 0. The van der Waals surface area contributed by atoms with Gasteiger partial charge in [-0.3, -0.25) is 4.90 Å². The Balaban J connectivity index is 1.84. The number of unbranched alkanes of at least 4 members (excludes halogenated alkanes) is 4. The number of β-amino-alcohol motifs (C(OH)–C–C–N with tert-alkyl or cyclic N) is 1. The fourth-order valence-electron chi connectivity index (χ4n) is 3.42. The van der Waals surface area contributed by atoms with Crippen molar-refractivity contribution in [2.24, 2.45) is 0 Å². The number of rotatable bonds is 6. The van der Waals surface area contributed by atoms with Crippen LogP contribution in [-0.4, -0.2) is 53.2 Å². The van der Waals surface area contributed by atoms with Gasteiger partial charge in [0, 0.05) is 12.6 Å². The van der Waals surface area contributed by atoms with Crippen LogP contribution in [0, 0.1) is 0 Å². The van der Waals surface area contributed by atoms with Crippen LogP contribution < -0.4 is 0 Å². The highest BCUT2D eigenvalue weighted by molar-refractivity contribution is 4.98. The minimum absolute atomic E-state index is 0.00982. The minimum atomic E-state index is -0.568. The molecule has 0 unspecified atom stereocenters. The number of piperidine rings is 1. The Bertz CT molecular complexity index is 308. The maximum atomic E-state index is 10.3. The fourth-order valence-corrected chi connectivity index (χ4v) is 3.42. The zero-order valence-electron chi connectivity index (χ0n) is 13.5. The van der Waals surface area contributed by atoms with Gasteiger partial charge in [-0.05, 0) is 33.7 Å². The second-order valence-electron chi connectivity index (χ2n) is 6.78. The quantitative estimate of drug-likeness (QED) is 0.762. The lowest BCUT2D eigenvalue weighted by molar-refractivity contribution is -0.153. The summed E-state index contributed by atoms with van der Waals surface area (Å²) in [6, 6.07) is 0.316. The van der Waals surface area contributed by atoms with Crippen molar-refractivity contribution in [1.29, 1.82) is 0 Å². The zero-order valence-corrected chi connectivity index (χ0v) is 13.5. The van der Waals surface area contributed by atoms with Gasteiger partial charge in [0.05, 0.1) is 6.10 Å². The Labute approximate surface area is 123 Å². The summed E-state index contributed by atoms with van der Waals surface area (Å²) in [6.45, 7) is 10.0. The molecule has 0 aromatic heterocycles. The van der Waals surface area contributed by atoms with Gasteiger partial charge >= 0.3 is 0 Å². The Morgan fingerprint density at radius 1 is 1.10 bits per heavy atom. The van der Waals surface area contributed by atoms with Crippen LogP contribution in [0.5, 0.6) is 0 Å². The van der Waals surface area contributed by atoms with Crippen LogP contribution in [0.3, 0.4) is 0 Å². The largest absolute Gasteiger partial charge is 0.389 e. The van der Waals surface area contributed by atoms with Gasteiger partial charge in [-0.2, -0.15) is 0 Å². The first-order valence-corrected chi connectivity index (χ1v) is 8.22. The Kier molecular flexibility index (Phi) is 5.46. The molecule has 2 saturated heterocycles. The number of hydrogen-bond donors (Lipinski definition) is 1. The van der Waals surface area contributed by atoms with Crippen molar-refractivity contribution in [3.8, 4) is 0 Å². The van der Waals surface area contributed by atoms with Crippen molar-refractivity contribution >= 4 is 0 Å². The minimum Gasteiger partial charge on any atom is -0.389 e. The molecule has 2 fully saturated rings. The number of hydrogen-bond acceptors (Lipinski definition) is 4. The molecule has 2 aliphatic heterocycles. The molecule has 2 rings (SSSR count). The van der Waals surface area contributed by atoms with E-state index in [1.807, 2.05) is 13.8 Å². The van der Waals surface area contributed by atoms with Gasteiger partial charge in [0.15, 0.2) is 5.79 Å². The van der Waals surface area contributed by atoms with E-state index in [1.54, 1.807) is 0 Å². The lowest BCUT2D eigenvalue weighted by Crippen LogP contribution is -2.59. The summed E-state index contributed by atoms with van der Waals surface area (Å²) in [6.07, 6.45) is 5.80. The molecule has 2 heterocycles. The first-order chi connectivity index (χ1) is 9.44. The van der Waals surface area contributed by atoms with Crippen LogP contribution in [0.1, 0.15) is 59.8 Å². The second-order valence-corrected chi connectivity index (χ2v) is 6.78. The first-order valence-electron chi connectivity index (χ1n) is 8.22. The Morgan fingerprint density at radius 2 is 1.75 bits per heavy atom. The number of ether oxygens (including phenoxy) is 2. The van der Waals surface area contributed by atoms with Crippen LogP contribution in [-0.2, 0) is 9.47 Å². The van der Waals surface area contributed by atoms with Crippen LogP contribution in [0.25, 0.3) is 0 Å². The lowest BCUT2D eigenvalue weighted by atomic mass is 9.94. The van der Waals surface area contributed by atoms with Crippen molar-refractivity contribution < 1.29 is 14.6 Å². The van der Waals surface area contributed by atoms with E-state index in [0.29, 0.717) is 12.6 Å². The molecule has 1 N–H and O–H groups in total. The molecular formula is C16H31NO3. The molecule has 2 aliphatic rings. The van der Waals surface area contributed by atoms with Gasteiger partial charge in [-0.15, -0.1) is 0 Å². The highest BCUT2D eigenvalue weighted by Crippen LogP contribution is 2.36. The van der Waals surface area contributed by atoms with E-state index in [1.165, 1.54) is 32.1 Å². The van der Waals surface area contributed by atoms with Gasteiger partial charge in [0.2, 0.25) is 0 Å². The van der Waals surface area contributed by atoms with Crippen molar-refractivity contribution in [2.75, 3.05) is 13.1 Å².